The fraction of sp³-hybridized carbons (Fsp3) is 0.0118. The molecule has 89 heavy (non-hydrogen) atoms. The molecule has 3 aromatic heterocycles. The minimum atomic E-state index is -0.388. The van der Waals surface area contributed by atoms with Crippen molar-refractivity contribution in [1.82, 2.24) is 4.57 Å². The van der Waals surface area contributed by atoms with Crippen molar-refractivity contribution in [1.29, 1.82) is 0 Å². The van der Waals surface area contributed by atoms with Crippen molar-refractivity contribution in [3.05, 3.63) is 338 Å². The molecule has 0 amide bonds. The zero-order valence-corrected chi connectivity index (χ0v) is 48.2. The smallest absolute Gasteiger partial charge is 0.137 e. The predicted molar refractivity (Wildman–Crippen MR) is 368 cm³/mol. The lowest BCUT2D eigenvalue weighted by Gasteiger charge is -2.30. The number of aromatic nitrogens is 1. The maximum absolute atomic E-state index is 6.65. The fourth-order valence-corrected chi connectivity index (χ4v) is 15.4. The maximum atomic E-state index is 6.65. The first-order chi connectivity index (χ1) is 44.1. The minimum Gasteiger partial charge on any atom is -0.456 e. The first kappa shape index (κ1) is 49.5. The van der Waals surface area contributed by atoms with E-state index in [2.05, 4.69) is 313 Å². The number of para-hydroxylation sites is 2. The zero-order chi connectivity index (χ0) is 58.3. The first-order valence-corrected chi connectivity index (χ1v) is 30.6. The first-order valence-electron chi connectivity index (χ1n) is 30.6. The third kappa shape index (κ3) is 7.29. The van der Waals surface area contributed by atoms with E-state index >= 15 is 0 Å². The molecular formula is C85H52N2O2. The fourth-order valence-electron chi connectivity index (χ4n) is 15.4. The Balaban J connectivity index is 0.805. The molecule has 0 unspecified atom stereocenters. The monoisotopic (exact) mass is 1130 g/mol. The highest BCUT2D eigenvalue weighted by atomic mass is 16.3. The molecule has 4 heteroatoms. The number of hydrogen-bond acceptors (Lipinski definition) is 3. The Bertz CT molecular complexity index is 5700. The Morgan fingerprint density at radius 1 is 0.247 bits per heavy atom. The molecule has 414 valence electrons. The summed E-state index contributed by atoms with van der Waals surface area (Å²) < 4.78 is 15.6. The zero-order valence-electron chi connectivity index (χ0n) is 48.2. The Morgan fingerprint density at radius 3 is 1.49 bits per heavy atom. The number of benzene rings is 14. The largest absolute Gasteiger partial charge is 0.456 e. The molecule has 2 aliphatic carbocycles. The Labute approximate surface area is 513 Å². The molecule has 0 bridgehead atoms. The SMILES string of the molecule is c1ccc(-c2ccc(N(c3ccc4c(c3)oc3ccccc34)c3ccc4c5cc(-c6cccc7oc8ccccc8c67)ccc5n(-c5ccc(-c6ccc7c(c6)-c6ccccc6C76c7ccccc7-c7ccccc76)cc5)c4c3)cc2-c2ccccc2)cc1. The molecule has 3 heterocycles. The van der Waals surface area contributed by atoms with Crippen LogP contribution in [0.1, 0.15) is 22.3 Å². The molecule has 4 nitrogen and oxygen atoms in total. The Hall–Kier alpha value is -11.7. The molecule has 0 saturated heterocycles. The lowest BCUT2D eigenvalue weighted by atomic mass is 9.70. The summed E-state index contributed by atoms with van der Waals surface area (Å²) in [6, 6.07) is 116. The van der Waals surface area contributed by atoms with Crippen molar-refractivity contribution in [2.24, 2.45) is 0 Å². The van der Waals surface area contributed by atoms with Gasteiger partial charge in [0.25, 0.3) is 0 Å². The van der Waals surface area contributed by atoms with Crippen LogP contribution in [0.2, 0.25) is 0 Å². The second kappa shape index (κ2) is 19.1. The molecular weight excluding hydrogens is 1080 g/mol. The van der Waals surface area contributed by atoms with E-state index in [1.165, 1.54) is 55.6 Å². The van der Waals surface area contributed by atoms with Gasteiger partial charge >= 0.3 is 0 Å². The van der Waals surface area contributed by atoms with Crippen molar-refractivity contribution in [2.75, 3.05) is 4.90 Å². The number of furan rings is 2. The van der Waals surface area contributed by atoms with Crippen LogP contribution in [0.3, 0.4) is 0 Å². The average Bonchev–Trinajstić information content (AvgIpc) is 1.60. The van der Waals surface area contributed by atoms with Gasteiger partial charge in [0.1, 0.15) is 22.3 Å². The van der Waals surface area contributed by atoms with Crippen molar-refractivity contribution in [2.45, 2.75) is 5.41 Å². The van der Waals surface area contributed by atoms with Gasteiger partial charge in [-0.05, 0) is 174 Å². The molecule has 0 radical (unpaired) electrons. The molecule has 1 spiro atoms. The Kier molecular flexibility index (Phi) is 10.7. The molecule has 2 aliphatic rings. The van der Waals surface area contributed by atoms with E-state index in [1.54, 1.807) is 0 Å². The normalized spacial score (nSPS) is 12.8. The summed E-state index contributed by atoms with van der Waals surface area (Å²) in [5, 5.41) is 6.73. The van der Waals surface area contributed by atoms with Crippen LogP contribution in [-0.2, 0) is 5.41 Å². The van der Waals surface area contributed by atoms with Crippen LogP contribution in [0.25, 0.3) is 138 Å². The van der Waals surface area contributed by atoms with E-state index < -0.39 is 0 Å². The summed E-state index contributed by atoms with van der Waals surface area (Å²) in [4.78, 5) is 2.40. The van der Waals surface area contributed by atoms with Crippen molar-refractivity contribution >= 4 is 82.7 Å². The molecule has 14 aromatic carbocycles. The van der Waals surface area contributed by atoms with Gasteiger partial charge in [0.2, 0.25) is 0 Å². The molecule has 0 saturated carbocycles. The van der Waals surface area contributed by atoms with Gasteiger partial charge in [-0.15, -0.1) is 0 Å². The molecule has 19 rings (SSSR count). The number of nitrogens with zero attached hydrogens (tertiary/aromatic N) is 2. The third-order valence-corrected chi connectivity index (χ3v) is 19.2. The van der Waals surface area contributed by atoms with Crippen molar-refractivity contribution < 1.29 is 8.83 Å². The standard InChI is InChI=1S/C85H52N2O2/c1-3-18-54(19-4-1)62-43-40-59(50-71(62)55-20-5-2-6-21-55)86(61-42-45-69-68-25-10-15-31-80(68)89-83(69)52-61)60-41-44-67-73-49-57(63-27-17-33-82-84(63)70-26-11-16-32-81(70)88-82)37-47-78(73)87(79(67)51-60)58-38-34-53(35-39-58)56-36-46-77-72(48-56)66-24-9-14-30-76(66)85(77)74-28-12-7-22-64(74)65-23-8-13-29-75(65)85/h1-52H. The molecule has 0 fully saturated rings. The highest BCUT2D eigenvalue weighted by Gasteiger charge is 2.51. The summed E-state index contributed by atoms with van der Waals surface area (Å²) in [6.45, 7) is 0. The lowest BCUT2D eigenvalue weighted by Crippen LogP contribution is -2.25. The molecule has 0 N–H and O–H groups in total. The van der Waals surface area contributed by atoms with Crippen molar-refractivity contribution in [3.63, 3.8) is 0 Å². The summed E-state index contributed by atoms with van der Waals surface area (Å²) in [5.41, 5.74) is 29.2. The quantitative estimate of drug-likeness (QED) is 0.152. The summed E-state index contributed by atoms with van der Waals surface area (Å²) >= 11 is 0. The highest BCUT2D eigenvalue weighted by molar-refractivity contribution is 6.16. The van der Waals surface area contributed by atoms with E-state index in [-0.39, 0.29) is 5.41 Å². The maximum Gasteiger partial charge on any atom is 0.137 e. The number of fused-ring (bicyclic) bond motifs is 19. The summed E-state index contributed by atoms with van der Waals surface area (Å²) in [5.74, 6) is 0. The minimum absolute atomic E-state index is 0.388. The van der Waals surface area contributed by atoms with E-state index in [1.807, 2.05) is 12.1 Å². The van der Waals surface area contributed by atoms with Gasteiger partial charge < -0.3 is 18.3 Å². The number of hydrogen-bond donors (Lipinski definition) is 0. The van der Waals surface area contributed by atoms with Crippen LogP contribution in [0.15, 0.2) is 324 Å². The van der Waals surface area contributed by atoms with E-state index in [0.29, 0.717) is 0 Å². The van der Waals surface area contributed by atoms with E-state index in [9.17, 15) is 0 Å². The van der Waals surface area contributed by atoms with Gasteiger partial charge in [0.15, 0.2) is 0 Å². The number of anilines is 3. The van der Waals surface area contributed by atoms with Gasteiger partial charge in [0.05, 0.1) is 16.4 Å². The van der Waals surface area contributed by atoms with Crippen LogP contribution in [-0.4, -0.2) is 4.57 Å². The molecule has 0 atom stereocenters. The van der Waals surface area contributed by atoms with Crippen LogP contribution in [0.4, 0.5) is 17.1 Å². The molecule has 17 aromatic rings. The Morgan fingerprint density at radius 2 is 0.764 bits per heavy atom. The van der Waals surface area contributed by atoms with Crippen LogP contribution in [0, 0.1) is 0 Å². The van der Waals surface area contributed by atoms with E-state index in [4.69, 9.17) is 8.83 Å². The van der Waals surface area contributed by atoms with Gasteiger partial charge in [-0.3, -0.25) is 0 Å². The third-order valence-electron chi connectivity index (χ3n) is 19.2. The summed E-state index contributed by atoms with van der Waals surface area (Å²) in [7, 11) is 0. The predicted octanol–water partition coefficient (Wildman–Crippen LogP) is 23.1. The highest BCUT2D eigenvalue weighted by Crippen LogP contribution is 2.63. The summed E-state index contributed by atoms with van der Waals surface area (Å²) in [6.07, 6.45) is 0. The average molecular weight is 1130 g/mol. The van der Waals surface area contributed by atoms with Crippen LogP contribution < -0.4 is 4.90 Å². The van der Waals surface area contributed by atoms with Gasteiger partial charge in [-0.25, -0.2) is 0 Å². The van der Waals surface area contributed by atoms with Crippen molar-refractivity contribution in [3.8, 4) is 72.4 Å². The van der Waals surface area contributed by atoms with Gasteiger partial charge in [-0.1, -0.05) is 224 Å². The van der Waals surface area contributed by atoms with Gasteiger partial charge in [-0.2, -0.15) is 0 Å². The second-order valence-corrected chi connectivity index (χ2v) is 23.8. The van der Waals surface area contributed by atoms with E-state index in [0.717, 1.165) is 122 Å². The molecule has 0 aliphatic heterocycles. The number of rotatable bonds is 8. The van der Waals surface area contributed by atoms with Crippen LogP contribution >= 0.6 is 0 Å². The van der Waals surface area contributed by atoms with Crippen LogP contribution in [0.5, 0.6) is 0 Å². The second-order valence-electron chi connectivity index (χ2n) is 23.8. The topological polar surface area (TPSA) is 34.5 Å². The van der Waals surface area contributed by atoms with Gasteiger partial charge in [0, 0.05) is 61.1 Å². The lowest BCUT2D eigenvalue weighted by molar-refractivity contribution is 0.668.